The van der Waals surface area contributed by atoms with Gasteiger partial charge in [-0.2, -0.15) is 0 Å². The van der Waals surface area contributed by atoms with Crippen LogP contribution in [0.2, 0.25) is 5.02 Å². The molecule has 2 heterocycles. The third kappa shape index (κ3) is 4.18. The number of rotatable bonds is 5. The fourth-order valence-electron chi connectivity index (χ4n) is 3.24. The fraction of sp³-hybridized carbons (Fsp3) is 0.217. The predicted molar refractivity (Wildman–Crippen MR) is 126 cm³/mol. The molecule has 0 aliphatic carbocycles. The number of aromatic nitrogens is 3. The molecule has 0 aliphatic rings. The molecule has 0 radical (unpaired) electrons. The number of hydrogen-bond donors (Lipinski definition) is 0. The molecule has 148 valence electrons. The average molecular weight is 440 g/mol. The standard InChI is InChI=1S/C23H22ClN3S2/c1-14(2)29-20-10-7-17(13-19(20)24)21-22(16-5-8-18(28-4)9-6-16)27-12-11-15(3)25-23(27)26-21/h5-14H,1-4H3. The summed E-state index contributed by atoms with van der Waals surface area (Å²) in [5.41, 5.74) is 4.96. The third-order valence-electron chi connectivity index (χ3n) is 4.57. The summed E-state index contributed by atoms with van der Waals surface area (Å²) in [7, 11) is 0. The van der Waals surface area contributed by atoms with Crippen LogP contribution >= 0.6 is 35.1 Å². The van der Waals surface area contributed by atoms with Gasteiger partial charge < -0.3 is 0 Å². The summed E-state index contributed by atoms with van der Waals surface area (Å²) in [6, 6.07) is 16.8. The zero-order valence-corrected chi connectivity index (χ0v) is 19.2. The first-order valence-electron chi connectivity index (χ1n) is 9.43. The first kappa shape index (κ1) is 20.3. The van der Waals surface area contributed by atoms with Crippen LogP contribution in [0.25, 0.3) is 28.3 Å². The monoisotopic (exact) mass is 439 g/mol. The third-order valence-corrected chi connectivity index (χ3v) is 6.81. The summed E-state index contributed by atoms with van der Waals surface area (Å²) >= 11 is 10.1. The first-order valence-corrected chi connectivity index (χ1v) is 11.9. The number of thioether (sulfide) groups is 2. The van der Waals surface area contributed by atoms with Crippen LogP contribution in [-0.2, 0) is 0 Å². The normalized spacial score (nSPS) is 11.5. The lowest BCUT2D eigenvalue weighted by molar-refractivity contribution is 1.07. The van der Waals surface area contributed by atoms with Crippen LogP contribution in [0.4, 0.5) is 0 Å². The van der Waals surface area contributed by atoms with E-state index >= 15 is 0 Å². The van der Waals surface area contributed by atoms with Gasteiger partial charge >= 0.3 is 0 Å². The molecule has 6 heteroatoms. The lowest BCUT2D eigenvalue weighted by Gasteiger charge is -2.10. The second kappa shape index (κ2) is 8.42. The van der Waals surface area contributed by atoms with Gasteiger partial charge in [-0.15, -0.1) is 23.5 Å². The van der Waals surface area contributed by atoms with Crippen LogP contribution in [-0.4, -0.2) is 25.9 Å². The van der Waals surface area contributed by atoms with E-state index in [1.165, 1.54) is 4.90 Å². The van der Waals surface area contributed by atoms with Gasteiger partial charge in [-0.3, -0.25) is 4.40 Å². The highest BCUT2D eigenvalue weighted by Crippen LogP contribution is 2.37. The van der Waals surface area contributed by atoms with Crippen molar-refractivity contribution in [1.82, 2.24) is 14.4 Å². The van der Waals surface area contributed by atoms with Crippen molar-refractivity contribution in [1.29, 1.82) is 0 Å². The van der Waals surface area contributed by atoms with Gasteiger partial charge in [0.25, 0.3) is 0 Å². The lowest BCUT2D eigenvalue weighted by Crippen LogP contribution is -1.93. The van der Waals surface area contributed by atoms with Crippen LogP contribution in [0.1, 0.15) is 19.5 Å². The molecular weight excluding hydrogens is 418 g/mol. The molecule has 0 amide bonds. The van der Waals surface area contributed by atoms with Crippen molar-refractivity contribution in [3.05, 3.63) is 65.4 Å². The van der Waals surface area contributed by atoms with E-state index in [0.29, 0.717) is 11.0 Å². The Labute approximate surface area is 184 Å². The van der Waals surface area contributed by atoms with Crippen LogP contribution in [0.3, 0.4) is 0 Å². The second-order valence-corrected chi connectivity index (χ2v) is 9.99. The minimum Gasteiger partial charge on any atom is -0.283 e. The largest absolute Gasteiger partial charge is 0.283 e. The Morgan fingerprint density at radius 3 is 2.34 bits per heavy atom. The van der Waals surface area contributed by atoms with E-state index in [-0.39, 0.29) is 0 Å². The number of fused-ring (bicyclic) bond motifs is 1. The molecule has 4 rings (SSSR count). The summed E-state index contributed by atoms with van der Waals surface area (Å²) < 4.78 is 2.06. The van der Waals surface area contributed by atoms with E-state index in [4.69, 9.17) is 16.6 Å². The SMILES string of the molecule is CSc1ccc(-c2c(-c3ccc(SC(C)C)c(Cl)c3)nc3nc(C)ccn23)cc1. The van der Waals surface area contributed by atoms with Crippen molar-refractivity contribution in [2.75, 3.05) is 6.26 Å². The summed E-state index contributed by atoms with van der Waals surface area (Å²) in [4.78, 5) is 11.8. The van der Waals surface area contributed by atoms with E-state index in [2.05, 4.69) is 65.9 Å². The summed E-state index contributed by atoms with van der Waals surface area (Å²) in [5.74, 6) is 0.695. The average Bonchev–Trinajstić information content (AvgIpc) is 3.07. The Bertz CT molecular complexity index is 1170. The number of aryl methyl sites for hydroxylation is 1. The van der Waals surface area contributed by atoms with Crippen LogP contribution in [0.15, 0.2) is 64.5 Å². The van der Waals surface area contributed by atoms with Crippen molar-refractivity contribution in [3.8, 4) is 22.5 Å². The molecule has 0 spiro atoms. The van der Waals surface area contributed by atoms with Crippen molar-refractivity contribution in [3.63, 3.8) is 0 Å². The van der Waals surface area contributed by atoms with E-state index in [1.54, 1.807) is 23.5 Å². The zero-order chi connectivity index (χ0) is 20.5. The topological polar surface area (TPSA) is 30.2 Å². The van der Waals surface area contributed by atoms with Crippen molar-refractivity contribution < 1.29 is 0 Å². The molecule has 0 saturated carbocycles. The Balaban J connectivity index is 1.90. The number of halogens is 1. The summed E-state index contributed by atoms with van der Waals surface area (Å²) in [6.45, 7) is 6.32. The fourth-order valence-corrected chi connectivity index (χ4v) is 4.79. The molecule has 4 aromatic rings. The van der Waals surface area contributed by atoms with Gasteiger partial charge in [0.15, 0.2) is 0 Å². The molecular formula is C23H22ClN3S2. The van der Waals surface area contributed by atoms with Crippen LogP contribution < -0.4 is 0 Å². The Hall–Kier alpha value is -1.95. The van der Waals surface area contributed by atoms with Crippen molar-refractivity contribution in [2.24, 2.45) is 0 Å². The van der Waals surface area contributed by atoms with E-state index in [0.717, 1.165) is 38.1 Å². The molecule has 0 saturated heterocycles. The Kier molecular flexibility index (Phi) is 5.91. The van der Waals surface area contributed by atoms with Crippen LogP contribution in [0, 0.1) is 6.92 Å². The number of nitrogens with zero attached hydrogens (tertiary/aromatic N) is 3. The van der Waals surface area contributed by atoms with Gasteiger partial charge in [-0.1, -0.05) is 43.6 Å². The van der Waals surface area contributed by atoms with Gasteiger partial charge in [0, 0.05) is 38.1 Å². The minimum absolute atomic E-state index is 0.478. The maximum atomic E-state index is 6.61. The van der Waals surface area contributed by atoms with Gasteiger partial charge in [-0.05, 0) is 43.5 Å². The Morgan fingerprint density at radius 1 is 0.966 bits per heavy atom. The van der Waals surface area contributed by atoms with Crippen molar-refractivity contribution >= 4 is 40.9 Å². The number of benzene rings is 2. The molecule has 2 aromatic carbocycles. The predicted octanol–water partition coefficient (Wildman–Crippen LogP) is 7.25. The molecule has 3 nitrogen and oxygen atoms in total. The highest BCUT2D eigenvalue weighted by molar-refractivity contribution is 8.00. The summed E-state index contributed by atoms with van der Waals surface area (Å²) in [6.07, 6.45) is 4.12. The smallest absolute Gasteiger partial charge is 0.235 e. The highest BCUT2D eigenvalue weighted by Gasteiger charge is 2.18. The van der Waals surface area contributed by atoms with E-state index in [9.17, 15) is 0 Å². The molecule has 29 heavy (non-hydrogen) atoms. The number of hydrogen-bond acceptors (Lipinski definition) is 4. The van der Waals surface area contributed by atoms with Crippen LogP contribution in [0.5, 0.6) is 0 Å². The van der Waals surface area contributed by atoms with Gasteiger partial charge in [0.1, 0.15) is 0 Å². The van der Waals surface area contributed by atoms with Crippen molar-refractivity contribution in [2.45, 2.75) is 35.8 Å². The summed E-state index contributed by atoms with van der Waals surface area (Å²) in [5, 5.41) is 1.23. The molecule has 0 atom stereocenters. The van der Waals surface area contributed by atoms with Gasteiger partial charge in [0.2, 0.25) is 5.78 Å². The minimum atomic E-state index is 0.478. The Morgan fingerprint density at radius 2 is 1.69 bits per heavy atom. The van der Waals surface area contributed by atoms with Gasteiger partial charge in [0.05, 0.1) is 16.4 Å². The molecule has 0 aliphatic heterocycles. The molecule has 0 bridgehead atoms. The maximum absolute atomic E-state index is 6.61. The van der Waals surface area contributed by atoms with Gasteiger partial charge in [-0.25, -0.2) is 9.97 Å². The quantitative estimate of drug-likeness (QED) is 0.306. The number of imidazole rings is 1. The van der Waals surface area contributed by atoms with E-state index in [1.807, 2.05) is 25.3 Å². The molecule has 0 fully saturated rings. The molecule has 0 unspecified atom stereocenters. The first-order chi connectivity index (χ1) is 14.0. The molecule has 2 aromatic heterocycles. The lowest BCUT2D eigenvalue weighted by atomic mass is 10.0. The highest BCUT2D eigenvalue weighted by atomic mass is 35.5. The van der Waals surface area contributed by atoms with E-state index < -0.39 is 0 Å². The maximum Gasteiger partial charge on any atom is 0.235 e. The molecule has 0 N–H and O–H groups in total. The second-order valence-electron chi connectivity index (χ2n) is 7.09. The zero-order valence-electron chi connectivity index (χ0n) is 16.8.